The normalized spacial score (nSPS) is 19.5. The van der Waals surface area contributed by atoms with Gasteiger partial charge in [0, 0.05) is 45.0 Å². The molecule has 2 aliphatic rings. The fourth-order valence-corrected chi connectivity index (χ4v) is 5.47. The molecule has 224 valence electrons. The number of hydrogen-bond donors (Lipinski definition) is 0. The van der Waals surface area contributed by atoms with Crippen molar-refractivity contribution in [3.8, 4) is 5.75 Å². The molecule has 2 heterocycles. The lowest BCUT2D eigenvalue weighted by Crippen LogP contribution is -2.54. The topological polar surface area (TPSA) is 88.6 Å². The third-order valence-electron chi connectivity index (χ3n) is 7.41. The van der Waals surface area contributed by atoms with Gasteiger partial charge in [-0.3, -0.25) is 9.59 Å². The van der Waals surface area contributed by atoms with Crippen molar-refractivity contribution >= 4 is 23.6 Å². The van der Waals surface area contributed by atoms with E-state index in [1.54, 1.807) is 16.9 Å². The third kappa shape index (κ3) is 7.47. The Morgan fingerprint density at radius 1 is 1.15 bits per heavy atom. The maximum absolute atomic E-state index is 14.2. The van der Waals surface area contributed by atoms with Crippen molar-refractivity contribution in [3.63, 3.8) is 0 Å². The number of likely N-dealkylation sites (tertiary alicyclic amines) is 1. The first kappa shape index (κ1) is 31.7. The number of benzene rings is 1. The molecule has 40 heavy (non-hydrogen) atoms. The van der Waals surface area contributed by atoms with E-state index in [1.165, 1.54) is 0 Å². The van der Waals surface area contributed by atoms with Crippen LogP contribution in [0.5, 0.6) is 5.75 Å². The molecule has 1 fully saturated rings. The molecule has 3 rings (SSSR count). The number of anilines is 1. The van der Waals surface area contributed by atoms with Crippen molar-refractivity contribution in [2.24, 2.45) is 5.92 Å². The lowest BCUT2D eigenvalue weighted by Gasteiger charge is -2.42. The summed E-state index contributed by atoms with van der Waals surface area (Å²) in [6.07, 6.45) is 2.29. The zero-order valence-corrected chi connectivity index (χ0v) is 25.9. The van der Waals surface area contributed by atoms with E-state index in [9.17, 15) is 14.4 Å². The Kier molecular flexibility index (Phi) is 10.5. The Bertz CT molecular complexity index is 1060. The number of hydrogen-bond acceptors (Lipinski definition) is 6. The summed E-state index contributed by atoms with van der Waals surface area (Å²) in [5.41, 5.74) is 1.39. The van der Waals surface area contributed by atoms with Crippen molar-refractivity contribution in [1.82, 2.24) is 9.80 Å². The number of piperidine rings is 1. The highest BCUT2D eigenvalue weighted by Crippen LogP contribution is 2.39. The Balaban J connectivity index is 1.92. The Morgan fingerprint density at radius 3 is 2.45 bits per heavy atom. The van der Waals surface area contributed by atoms with Crippen molar-refractivity contribution < 1.29 is 28.6 Å². The Hall–Kier alpha value is -2.81. The Morgan fingerprint density at radius 2 is 1.85 bits per heavy atom. The maximum atomic E-state index is 14.2. The molecule has 0 aromatic heterocycles. The number of rotatable bonds is 9. The Labute approximate surface area is 240 Å². The molecule has 1 aromatic carbocycles. The number of nitrogens with zero attached hydrogens (tertiary/aromatic N) is 3. The van der Waals surface area contributed by atoms with Crippen molar-refractivity contribution in [3.05, 3.63) is 23.3 Å². The van der Waals surface area contributed by atoms with Crippen LogP contribution in [0, 0.1) is 12.8 Å². The molecule has 0 saturated carbocycles. The van der Waals surface area contributed by atoms with Crippen LogP contribution < -0.4 is 9.64 Å². The molecule has 9 heteroatoms. The van der Waals surface area contributed by atoms with Crippen LogP contribution >= 0.6 is 0 Å². The molecule has 2 aliphatic heterocycles. The average Bonchev–Trinajstić information content (AvgIpc) is 2.86. The van der Waals surface area contributed by atoms with Crippen LogP contribution in [-0.2, 0) is 14.3 Å². The molecule has 2 atom stereocenters. The highest BCUT2D eigenvalue weighted by Gasteiger charge is 2.39. The highest BCUT2D eigenvalue weighted by atomic mass is 16.6. The summed E-state index contributed by atoms with van der Waals surface area (Å²) in [7, 11) is 1.67. The van der Waals surface area contributed by atoms with E-state index >= 15 is 0 Å². The van der Waals surface area contributed by atoms with Gasteiger partial charge in [0.1, 0.15) is 11.4 Å². The molecule has 0 bridgehead atoms. The summed E-state index contributed by atoms with van der Waals surface area (Å²) < 4.78 is 17.0. The second kappa shape index (κ2) is 13.2. The van der Waals surface area contributed by atoms with Gasteiger partial charge in [-0.05, 0) is 90.8 Å². The van der Waals surface area contributed by atoms with Gasteiger partial charge in [-0.1, -0.05) is 13.8 Å². The van der Waals surface area contributed by atoms with Gasteiger partial charge in [0.05, 0.1) is 11.7 Å². The van der Waals surface area contributed by atoms with Crippen molar-refractivity contribution in [2.75, 3.05) is 38.3 Å². The second-order valence-electron chi connectivity index (χ2n) is 12.6. The van der Waals surface area contributed by atoms with Crippen LogP contribution in [0.25, 0.3) is 0 Å². The second-order valence-corrected chi connectivity index (χ2v) is 12.6. The van der Waals surface area contributed by atoms with Gasteiger partial charge in [0.2, 0.25) is 0 Å². The maximum Gasteiger partial charge on any atom is 0.410 e. The lowest BCUT2D eigenvalue weighted by molar-refractivity contribution is -0.128. The van der Waals surface area contributed by atoms with Gasteiger partial charge in [-0.25, -0.2) is 4.79 Å². The van der Waals surface area contributed by atoms with Gasteiger partial charge < -0.3 is 28.9 Å². The van der Waals surface area contributed by atoms with Gasteiger partial charge >= 0.3 is 6.09 Å². The SMILES string of the molecule is COCCCCN1C(=O)[C@@H](C(C)C)Oc2cc(C)c(C(=O)N(C(C)C)[C@@H]3CCCN(C(=O)OC(C)(C)C)C3)cc21. The van der Waals surface area contributed by atoms with Gasteiger partial charge in [0.15, 0.2) is 6.10 Å². The fourth-order valence-electron chi connectivity index (χ4n) is 5.47. The summed E-state index contributed by atoms with van der Waals surface area (Å²) in [4.78, 5) is 45.9. The molecule has 1 aromatic rings. The third-order valence-corrected chi connectivity index (χ3v) is 7.41. The molecule has 0 unspecified atom stereocenters. The predicted molar refractivity (Wildman–Crippen MR) is 156 cm³/mol. The van der Waals surface area contributed by atoms with Crippen LogP contribution in [0.3, 0.4) is 0 Å². The number of unbranched alkanes of at least 4 members (excludes halogenated alkanes) is 1. The van der Waals surface area contributed by atoms with Gasteiger partial charge in [-0.15, -0.1) is 0 Å². The predicted octanol–water partition coefficient (Wildman–Crippen LogP) is 5.42. The number of carbonyl (C=O) groups is 3. The van der Waals surface area contributed by atoms with Crippen LogP contribution in [0.4, 0.5) is 10.5 Å². The molecule has 0 spiro atoms. The monoisotopic (exact) mass is 559 g/mol. The van der Waals surface area contributed by atoms with Crippen molar-refractivity contribution in [1.29, 1.82) is 0 Å². The van der Waals surface area contributed by atoms with Crippen LogP contribution in [0.1, 0.15) is 90.1 Å². The van der Waals surface area contributed by atoms with E-state index in [0.29, 0.717) is 43.2 Å². The standard InChI is InChI=1S/C31H49N3O6/c1-20(2)27-29(36)33(15-10-11-16-38-9)25-18-24(22(5)17-26(25)39-27)28(35)34(21(3)4)23-13-12-14-32(19-23)30(37)40-31(6,7)8/h17-18,20-21,23,27H,10-16,19H2,1-9H3/t23-,27-/m1/s1. The van der Waals surface area contributed by atoms with Crippen LogP contribution in [-0.4, -0.2) is 84.8 Å². The highest BCUT2D eigenvalue weighted by molar-refractivity contribution is 6.03. The molecule has 3 amide bonds. The largest absolute Gasteiger partial charge is 0.478 e. The smallest absolute Gasteiger partial charge is 0.410 e. The number of aryl methyl sites for hydroxylation is 1. The molecular weight excluding hydrogens is 510 g/mol. The molecular formula is C31H49N3O6. The van der Waals surface area contributed by atoms with E-state index in [2.05, 4.69) is 0 Å². The zero-order valence-electron chi connectivity index (χ0n) is 25.9. The minimum atomic E-state index is -0.582. The summed E-state index contributed by atoms with van der Waals surface area (Å²) in [5, 5.41) is 0. The quantitative estimate of drug-likeness (QED) is 0.375. The number of methoxy groups -OCH3 is 1. The summed E-state index contributed by atoms with van der Waals surface area (Å²) >= 11 is 0. The molecule has 0 aliphatic carbocycles. The fraction of sp³-hybridized carbons (Fsp3) is 0.710. The zero-order chi connectivity index (χ0) is 29.8. The van der Waals surface area contributed by atoms with E-state index < -0.39 is 11.7 Å². The average molecular weight is 560 g/mol. The first-order valence-corrected chi connectivity index (χ1v) is 14.7. The molecule has 0 radical (unpaired) electrons. The molecule has 1 saturated heterocycles. The minimum absolute atomic E-state index is 0.0133. The summed E-state index contributed by atoms with van der Waals surface area (Å²) in [5.74, 6) is 0.454. The lowest BCUT2D eigenvalue weighted by atomic mass is 9.97. The molecule has 0 N–H and O–H groups in total. The molecule has 9 nitrogen and oxygen atoms in total. The van der Waals surface area contributed by atoms with E-state index in [0.717, 1.165) is 31.2 Å². The van der Waals surface area contributed by atoms with E-state index in [4.69, 9.17) is 14.2 Å². The number of amides is 3. The minimum Gasteiger partial charge on any atom is -0.478 e. The number of fused-ring (bicyclic) bond motifs is 1. The first-order valence-electron chi connectivity index (χ1n) is 14.7. The number of ether oxygens (including phenoxy) is 3. The van der Waals surface area contributed by atoms with Gasteiger partial charge in [-0.2, -0.15) is 0 Å². The van der Waals surface area contributed by atoms with Crippen LogP contribution in [0.2, 0.25) is 0 Å². The van der Waals surface area contributed by atoms with Crippen LogP contribution in [0.15, 0.2) is 12.1 Å². The summed E-state index contributed by atoms with van der Waals surface area (Å²) in [6.45, 7) is 17.6. The van der Waals surface area contributed by atoms with E-state index in [-0.39, 0.29) is 35.9 Å². The van der Waals surface area contributed by atoms with Gasteiger partial charge in [0.25, 0.3) is 11.8 Å². The number of carbonyl (C=O) groups excluding carboxylic acids is 3. The van der Waals surface area contributed by atoms with E-state index in [1.807, 2.05) is 72.4 Å². The van der Waals surface area contributed by atoms with Crippen molar-refractivity contribution in [2.45, 2.75) is 105 Å². The summed E-state index contributed by atoms with van der Waals surface area (Å²) in [6, 6.07) is 3.48. The first-order chi connectivity index (χ1) is 18.7.